The van der Waals surface area contributed by atoms with Gasteiger partial charge in [-0.2, -0.15) is 10.5 Å². The second kappa shape index (κ2) is 11.5. The topological polar surface area (TPSA) is 109 Å². The van der Waals surface area contributed by atoms with Gasteiger partial charge in [0.1, 0.15) is 17.0 Å². The Balaban J connectivity index is 2.39. The predicted molar refractivity (Wildman–Crippen MR) is 124 cm³/mol. The highest BCUT2D eigenvalue weighted by molar-refractivity contribution is 9.10. The van der Waals surface area contributed by atoms with Gasteiger partial charge in [0, 0.05) is 11.3 Å². The van der Waals surface area contributed by atoms with Crippen LogP contribution in [0.25, 0.3) is 6.08 Å². The van der Waals surface area contributed by atoms with Crippen LogP contribution in [0.5, 0.6) is 11.5 Å². The molecule has 1 aromatic heterocycles. The van der Waals surface area contributed by atoms with E-state index in [4.69, 9.17) is 14.2 Å². The Kier molecular flexibility index (Phi) is 9.01. The largest absolute Gasteiger partial charge is 0.493 e. The first kappa shape index (κ1) is 25.1. The van der Waals surface area contributed by atoms with Gasteiger partial charge in [-0.25, -0.2) is 4.79 Å². The first-order valence-corrected chi connectivity index (χ1v) is 11.3. The van der Waals surface area contributed by atoms with Gasteiger partial charge in [-0.1, -0.05) is 0 Å². The lowest BCUT2D eigenvalue weighted by Gasteiger charge is -2.12. The molecule has 0 fully saturated rings. The number of hydrogen-bond acceptors (Lipinski definition) is 8. The molecule has 0 N–H and O–H groups in total. The predicted octanol–water partition coefficient (Wildman–Crippen LogP) is 4.99. The molecule has 0 saturated heterocycles. The normalized spacial score (nSPS) is 10.8. The maximum atomic E-state index is 12.9. The van der Waals surface area contributed by atoms with Gasteiger partial charge in [-0.3, -0.25) is 4.79 Å². The molecule has 7 nitrogen and oxygen atoms in total. The third-order valence-corrected chi connectivity index (χ3v) is 6.25. The van der Waals surface area contributed by atoms with Gasteiger partial charge in [-0.05, 0) is 66.0 Å². The molecule has 166 valence electrons. The average Bonchev–Trinajstić information content (AvgIpc) is 3.08. The highest BCUT2D eigenvalue weighted by Gasteiger charge is 2.23. The number of nitriles is 2. The number of benzene rings is 1. The average molecular weight is 517 g/mol. The first-order valence-electron chi connectivity index (χ1n) is 9.65. The SMILES string of the molecule is CCOC(=O)c1sc(CC(=O)/C(C#N)=C/c2cc(Br)c(OCC)c(OC)c2)c(C#N)c1C. The van der Waals surface area contributed by atoms with Gasteiger partial charge >= 0.3 is 5.97 Å². The number of carbonyl (C=O) groups excluding carboxylic acids is 2. The van der Waals surface area contributed by atoms with Gasteiger partial charge in [-0.15, -0.1) is 11.3 Å². The van der Waals surface area contributed by atoms with Gasteiger partial charge in [0.15, 0.2) is 17.3 Å². The summed E-state index contributed by atoms with van der Waals surface area (Å²) in [6.45, 7) is 5.83. The van der Waals surface area contributed by atoms with Crippen molar-refractivity contribution in [2.75, 3.05) is 20.3 Å². The molecular formula is C23H21BrN2O5S. The van der Waals surface area contributed by atoms with Gasteiger partial charge in [0.05, 0.1) is 35.9 Å². The fourth-order valence-electron chi connectivity index (χ4n) is 2.93. The summed E-state index contributed by atoms with van der Waals surface area (Å²) in [4.78, 5) is 25.7. The zero-order valence-electron chi connectivity index (χ0n) is 18.1. The molecule has 2 aromatic rings. The number of halogens is 1. The van der Waals surface area contributed by atoms with E-state index in [0.29, 0.717) is 38.6 Å². The van der Waals surface area contributed by atoms with E-state index in [1.54, 1.807) is 26.0 Å². The van der Waals surface area contributed by atoms with Crippen LogP contribution in [0.4, 0.5) is 0 Å². The Morgan fingerprint density at radius 1 is 1.22 bits per heavy atom. The van der Waals surface area contributed by atoms with Crippen molar-refractivity contribution in [1.29, 1.82) is 10.5 Å². The molecule has 0 unspecified atom stereocenters. The lowest BCUT2D eigenvalue weighted by molar-refractivity contribution is -0.114. The smallest absolute Gasteiger partial charge is 0.348 e. The summed E-state index contributed by atoms with van der Waals surface area (Å²) in [7, 11) is 1.50. The van der Waals surface area contributed by atoms with Crippen LogP contribution in [0.2, 0.25) is 0 Å². The Morgan fingerprint density at radius 3 is 2.50 bits per heavy atom. The molecule has 9 heteroatoms. The van der Waals surface area contributed by atoms with Crippen LogP contribution in [0.3, 0.4) is 0 Å². The van der Waals surface area contributed by atoms with Crippen LogP contribution in [0.1, 0.15) is 45.1 Å². The van der Waals surface area contributed by atoms with E-state index < -0.39 is 11.8 Å². The van der Waals surface area contributed by atoms with Crippen LogP contribution in [-0.4, -0.2) is 32.1 Å². The number of carbonyl (C=O) groups is 2. The molecule has 0 aliphatic rings. The van der Waals surface area contributed by atoms with Crippen molar-refractivity contribution in [1.82, 2.24) is 0 Å². The quantitative estimate of drug-likeness (QED) is 0.262. The Bertz CT molecular complexity index is 1150. The van der Waals surface area contributed by atoms with Crippen molar-refractivity contribution in [3.63, 3.8) is 0 Å². The number of nitrogens with zero attached hydrogens (tertiary/aromatic N) is 2. The minimum atomic E-state index is -0.535. The Morgan fingerprint density at radius 2 is 1.94 bits per heavy atom. The van der Waals surface area contributed by atoms with E-state index in [0.717, 1.165) is 11.3 Å². The summed E-state index contributed by atoms with van der Waals surface area (Å²) in [5, 5.41) is 19.1. The molecule has 0 atom stereocenters. The lowest BCUT2D eigenvalue weighted by atomic mass is 10.0. The maximum absolute atomic E-state index is 12.9. The number of rotatable bonds is 9. The number of methoxy groups -OCH3 is 1. The van der Waals surface area contributed by atoms with Crippen molar-refractivity contribution in [3.05, 3.63) is 48.6 Å². The third kappa shape index (κ3) is 5.56. The summed E-state index contributed by atoms with van der Waals surface area (Å²) in [6.07, 6.45) is 1.27. The van der Waals surface area contributed by atoms with Crippen LogP contribution < -0.4 is 9.47 Å². The van der Waals surface area contributed by atoms with E-state index in [1.165, 1.54) is 13.2 Å². The minimum Gasteiger partial charge on any atom is -0.493 e. The van der Waals surface area contributed by atoms with Gasteiger partial charge in [0.2, 0.25) is 0 Å². The van der Waals surface area contributed by atoms with E-state index in [1.807, 2.05) is 19.1 Å². The van der Waals surface area contributed by atoms with Gasteiger partial charge in [0.25, 0.3) is 0 Å². The zero-order chi connectivity index (χ0) is 23.8. The molecule has 0 bridgehead atoms. The Hall–Kier alpha value is -3.14. The fraction of sp³-hybridized carbons (Fsp3) is 0.304. The summed E-state index contributed by atoms with van der Waals surface area (Å²) < 4.78 is 16.5. The molecule has 1 heterocycles. The highest BCUT2D eigenvalue weighted by Crippen LogP contribution is 2.37. The van der Waals surface area contributed by atoms with Gasteiger partial charge < -0.3 is 14.2 Å². The molecular weight excluding hydrogens is 496 g/mol. The van der Waals surface area contributed by atoms with E-state index >= 15 is 0 Å². The van der Waals surface area contributed by atoms with Crippen LogP contribution >= 0.6 is 27.3 Å². The van der Waals surface area contributed by atoms with Crippen molar-refractivity contribution in [2.24, 2.45) is 0 Å². The molecule has 1 aromatic carbocycles. The lowest BCUT2D eigenvalue weighted by Crippen LogP contribution is -2.05. The van der Waals surface area contributed by atoms with Crippen LogP contribution in [0.15, 0.2) is 22.2 Å². The Labute approximate surface area is 198 Å². The second-order valence-corrected chi connectivity index (χ2v) is 8.38. The summed E-state index contributed by atoms with van der Waals surface area (Å²) >= 11 is 4.46. The standard InChI is InChI=1S/C23H21BrN2O5S/c1-5-30-21-17(24)8-14(9-19(21)29-4)7-15(11-25)18(27)10-20-16(12-26)13(3)22(32-20)23(28)31-6-2/h7-9H,5-6,10H2,1-4H3/b15-7+. The summed E-state index contributed by atoms with van der Waals surface area (Å²) in [5.74, 6) is -0.0228. The number of esters is 1. The third-order valence-electron chi connectivity index (χ3n) is 4.39. The molecule has 0 saturated carbocycles. The number of allylic oxidation sites excluding steroid dienone is 1. The molecule has 0 radical (unpaired) electrons. The molecule has 0 amide bonds. The van der Waals surface area contributed by atoms with Crippen LogP contribution in [-0.2, 0) is 16.0 Å². The first-order chi connectivity index (χ1) is 15.3. The molecule has 0 aliphatic heterocycles. The number of hydrogen-bond donors (Lipinski definition) is 0. The summed E-state index contributed by atoms with van der Waals surface area (Å²) in [5.41, 5.74) is 1.21. The van der Waals surface area contributed by atoms with E-state index in [9.17, 15) is 20.1 Å². The number of Topliss-reactive ketones (excluding diaryl/α,β-unsaturated/α-hetero) is 1. The van der Waals surface area contributed by atoms with Crippen molar-refractivity contribution >= 4 is 45.1 Å². The number of ether oxygens (including phenoxy) is 3. The maximum Gasteiger partial charge on any atom is 0.348 e. The van der Waals surface area contributed by atoms with E-state index in [2.05, 4.69) is 15.9 Å². The highest BCUT2D eigenvalue weighted by atomic mass is 79.9. The van der Waals surface area contributed by atoms with Crippen LogP contribution in [0, 0.1) is 29.6 Å². The van der Waals surface area contributed by atoms with Crippen molar-refractivity contribution < 1.29 is 23.8 Å². The van der Waals surface area contributed by atoms with Crippen molar-refractivity contribution in [3.8, 4) is 23.6 Å². The van der Waals surface area contributed by atoms with E-state index in [-0.39, 0.29) is 29.0 Å². The number of ketones is 1. The fourth-order valence-corrected chi connectivity index (χ4v) is 4.65. The molecule has 32 heavy (non-hydrogen) atoms. The minimum absolute atomic E-state index is 0.0873. The molecule has 0 spiro atoms. The second-order valence-electron chi connectivity index (χ2n) is 6.42. The molecule has 2 rings (SSSR count). The zero-order valence-corrected chi connectivity index (χ0v) is 20.5. The molecule has 0 aliphatic carbocycles. The number of thiophene rings is 1. The summed E-state index contributed by atoms with van der Waals surface area (Å²) in [6, 6.07) is 7.35. The van der Waals surface area contributed by atoms with Crippen molar-refractivity contribution in [2.45, 2.75) is 27.2 Å². The monoisotopic (exact) mass is 516 g/mol.